The lowest BCUT2D eigenvalue weighted by atomic mass is 10.0. The molecule has 2 aromatic heterocycles. The lowest BCUT2D eigenvalue weighted by Crippen LogP contribution is -2.40. The third kappa shape index (κ3) is 8.21. The molecule has 3 amide bonds. The van der Waals surface area contributed by atoms with E-state index in [-0.39, 0.29) is 18.0 Å². The molecule has 59 heavy (non-hydrogen) atoms. The Morgan fingerprint density at radius 2 is 1.12 bits per heavy atom. The molecule has 0 spiro atoms. The summed E-state index contributed by atoms with van der Waals surface area (Å²) in [5, 5.41) is 0.881. The molecule has 2 aliphatic heterocycles. The Morgan fingerprint density at radius 1 is 0.678 bits per heavy atom. The first kappa shape index (κ1) is 39.9. The number of hydrogen-bond acceptors (Lipinski definition) is 7. The van der Waals surface area contributed by atoms with Gasteiger partial charge in [0, 0.05) is 28.7 Å². The molecule has 4 atom stereocenters. The topological polar surface area (TPSA) is 154 Å². The number of benzene rings is 4. The van der Waals surface area contributed by atoms with Crippen molar-refractivity contribution in [1.29, 1.82) is 0 Å². The van der Waals surface area contributed by atoms with Crippen LogP contribution in [0, 0.1) is 0 Å². The van der Waals surface area contributed by atoms with E-state index in [2.05, 4.69) is 51.4 Å². The van der Waals surface area contributed by atoms with E-state index < -0.39 is 24.1 Å². The van der Waals surface area contributed by atoms with E-state index >= 15 is 0 Å². The van der Waals surface area contributed by atoms with Crippen molar-refractivity contribution in [3.8, 4) is 33.6 Å². The lowest BCUT2D eigenvalue weighted by Gasteiger charge is -2.32. The van der Waals surface area contributed by atoms with Crippen molar-refractivity contribution >= 4 is 41.1 Å². The number of carbonyl (C=O) groups is 3. The van der Waals surface area contributed by atoms with E-state index in [9.17, 15) is 14.4 Å². The van der Waals surface area contributed by atoms with Gasteiger partial charge in [0.2, 0.25) is 12.0 Å². The number of likely N-dealkylation sites (N-methyl/N-ethyl adjacent to an activating group) is 1. The molecule has 12 nitrogen and oxygen atoms in total. The maximum atomic E-state index is 14.0. The van der Waals surface area contributed by atoms with Crippen molar-refractivity contribution in [2.75, 3.05) is 27.2 Å². The summed E-state index contributed by atoms with van der Waals surface area (Å²) in [5.74, 6) is 1.02. The van der Waals surface area contributed by atoms with Crippen LogP contribution in [0.4, 0.5) is 4.79 Å². The van der Waals surface area contributed by atoms with Gasteiger partial charge in [0.25, 0.3) is 5.91 Å². The standard InChI is InChI=1S/C45H44Cl2N8O4/c1-53(2)39(31-9-3-5-11-33(31)46)43(56)54-23-7-13-37(54)41-49-25-35(51-41)29-19-15-27(16-20-29)28-17-21-30(22-18-28)36-26-50-42(52-36)38-14-8-24-55(38)44(57)40(59-45(48)58)32-10-4-6-12-34(32)47/h3-6,9-12,15-22,25-26,37-40H,7-8,13-14,23-24H2,1-2H3,(H2,48,58)(H,49,51)(H,50,52)/t37-,38-,39+,40+/m0/s1. The number of nitrogens with zero attached hydrogens (tertiary/aromatic N) is 5. The van der Waals surface area contributed by atoms with Crippen LogP contribution in [0.2, 0.25) is 10.0 Å². The number of rotatable bonds is 11. The summed E-state index contributed by atoms with van der Waals surface area (Å²) in [6.45, 7) is 1.13. The highest BCUT2D eigenvalue weighted by Crippen LogP contribution is 2.38. The number of nitrogens with two attached hydrogens (primary N) is 1. The Morgan fingerprint density at radius 3 is 1.58 bits per heavy atom. The summed E-state index contributed by atoms with van der Waals surface area (Å²) in [7, 11) is 3.80. The molecule has 2 fully saturated rings. The summed E-state index contributed by atoms with van der Waals surface area (Å²) in [6.07, 6.45) is 4.46. The molecule has 0 radical (unpaired) electrons. The summed E-state index contributed by atoms with van der Waals surface area (Å²) in [6, 6.07) is 29.8. The van der Waals surface area contributed by atoms with E-state index in [4.69, 9.17) is 38.7 Å². The first-order valence-electron chi connectivity index (χ1n) is 19.6. The van der Waals surface area contributed by atoms with Gasteiger partial charge in [-0.15, -0.1) is 0 Å². The van der Waals surface area contributed by atoms with Gasteiger partial charge in [-0.1, -0.05) is 108 Å². The van der Waals surface area contributed by atoms with Gasteiger partial charge in [0.05, 0.1) is 35.9 Å². The van der Waals surface area contributed by atoms with Gasteiger partial charge in [-0.25, -0.2) is 14.8 Å². The van der Waals surface area contributed by atoms with Crippen molar-refractivity contribution in [3.63, 3.8) is 0 Å². The number of aromatic amines is 2. The van der Waals surface area contributed by atoms with Crippen molar-refractivity contribution < 1.29 is 19.1 Å². The normalized spacial score (nSPS) is 17.6. The number of nitrogens with one attached hydrogen (secondary N) is 2. The highest BCUT2D eigenvalue weighted by atomic mass is 35.5. The van der Waals surface area contributed by atoms with Gasteiger partial charge in [-0.05, 0) is 79.7 Å². The van der Waals surface area contributed by atoms with E-state index in [1.54, 1.807) is 35.4 Å². The van der Waals surface area contributed by atoms with Crippen LogP contribution in [0.15, 0.2) is 109 Å². The largest absolute Gasteiger partial charge is 0.431 e. The molecule has 4 N–H and O–H groups in total. The molecule has 2 aliphatic rings. The van der Waals surface area contributed by atoms with Gasteiger partial charge in [-0.2, -0.15) is 0 Å². The molecule has 2 saturated heterocycles. The smallest absolute Gasteiger partial charge is 0.405 e. The molecule has 0 aliphatic carbocycles. The van der Waals surface area contributed by atoms with Crippen LogP contribution < -0.4 is 5.73 Å². The fraction of sp³-hybridized carbons (Fsp3) is 0.267. The van der Waals surface area contributed by atoms with Crippen LogP contribution in [0.5, 0.6) is 0 Å². The van der Waals surface area contributed by atoms with E-state index in [1.165, 1.54) is 0 Å². The van der Waals surface area contributed by atoms with Crippen molar-refractivity contribution in [3.05, 3.63) is 142 Å². The number of halogens is 2. The molecule has 8 rings (SSSR count). The highest BCUT2D eigenvalue weighted by molar-refractivity contribution is 6.32. The molecule has 0 saturated carbocycles. The number of likely N-dealkylation sites (tertiary alicyclic amines) is 2. The maximum absolute atomic E-state index is 14.0. The lowest BCUT2D eigenvalue weighted by molar-refractivity contribution is -0.141. The summed E-state index contributed by atoms with van der Waals surface area (Å²) in [4.78, 5) is 61.5. The van der Waals surface area contributed by atoms with Gasteiger partial charge in [0.15, 0.2) is 0 Å². The second-order valence-corrected chi connectivity index (χ2v) is 15.9. The zero-order valence-electron chi connectivity index (χ0n) is 32.6. The maximum Gasteiger partial charge on any atom is 0.405 e. The van der Waals surface area contributed by atoms with Crippen LogP contribution in [-0.2, 0) is 14.3 Å². The fourth-order valence-electron chi connectivity index (χ4n) is 8.31. The molecule has 4 aromatic carbocycles. The van der Waals surface area contributed by atoms with E-state index in [0.29, 0.717) is 40.9 Å². The second kappa shape index (κ2) is 17.1. The monoisotopic (exact) mass is 830 g/mol. The molecule has 6 aromatic rings. The Bertz CT molecular complexity index is 2470. The van der Waals surface area contributed by atoms with E-state index in [1.807, 2.05) is 66.5 Å². The van der Waals surface area contributed by atoms with Crippen LogP contribution >= 0.6 is 23.2 Å². The molecular weight excluding hydrogens is 787 g/mol. The minimum atomic E-state index is -1.27. The van der Waals surface area contributed by atoms with Gasteiger partial charge in [0.1, 0.15) is 17.7 Å². The third-order valence-corrected chi connectivity index (χ3v) is 11.9. The minimum Gasteiger partial charge on any atom is -0.431 e. The quantitative estimate of drug-likeness (QED) is 0.118. The van der Waals surface area contributed by atoms with Gasteiger partial charge >= 0.3 is 6.09 Å². The van der Waals surface area contributed by atoms with Crippen molar-refractivity contribution in [1.82, 2.24) is 34.6 Å². The molecule has 0 bridgehead atoms. The first-order valence-corrected chi connectivity index (χ1v) is 20.4. The summed E-state index contributed by atoms with van der Waals surface area (Å²) < 4.78 is 5.30. The minimum absolute atomic E-state index is 0.0106. The number of aromatic nitrogens is 4. The summed E-state index contributed by atoms with van der Waals surface area (Å²) >= 11 is 12.9. The average molecular weight is 832 g/mol. The number of primary amides is 1. The number of imidazole rings is 2. The molecule has 4 heterocycles. The number of carbonyl (C=O) groups excluding carboxylic acids is 3. The van der Waals surface area contributed by atoms with Crippen molar-refractivity contribution in [2.45, 2.75) is 49.9 Å². The Labute approximate surface area is 352 Å². The number of hydrogen-bond donors (Lipinski definition) is 3. The van der Waals surface area contributed by atoms with Crippen LogP contribution in [0.25, 0.3) is 33.6 Å². The number of ether oxygens (including phenoxy) is 1. The van der Waals surface area contributed by atoms with Gasteiger partial charge in [-0.3, -0.25) is 14.5 Å². The van der Waals surface area contributed by atoms with Crippen molar-refractivity contribution in [2.24, 2.45) is 5.73 Å². The predicted octanol–water partition coefficient (Wildman–Crippen LogP) is 8.91. The molecule has 0 unspecified atom stereocenters. The zero-order chi connectivity index (χ0) is 41.2. The first-order chi connectivity index (χ1) is 28.6. The van der Waals surface area contributed by atoms with Crippen LogP contribution in [-0.4, -0.2) is 79.7 Å². The zero-order valence-corrected chi connectivity index (χ0v) is 34.2. The van der Waals surface area contributed by atoms with Crippen LogP contribution in [0.1, 0.15) is 72.7 Å². The SMILES string of the molecule is CN(C)[C@@H](C(=O)N1CCC[C@H]1c1ncc(-c2ccc(-c3ccc(-c4cnc([C@@H]5CCCN5C(=O)[C@H](OC(N)=O)c5ccccc5Cl)[nH]4)cc3)cc2)[nH]1)c1ccccc1Cl. The Kier molecular flexibility index (Phi) is 11.6. The highest BCUT2D eigenvalue weighted by Gasteiger charge is 2.39. The third-order valence-electron chi connectivity index (χ3n) is 11.2. The molecule has 14 heteroatoms. The van der Waals surface area contributed by atoms with Gasteiger partial charge < -0.3 is 30.2 Å². The van der Waals surface area contributed by atoms with E-state index in [0.717, 1.165) is 64.3 Å². The Hall–Kier alpha value is -5.95. The van der Waals surface area contributed by atoms with Crippen LogP contribution in [0.3, 0.4) is 0 Å². The fourth-order valence-corrected chi connectivity index (χ4v) is 8.78. The molecular formula is C45H44Cl2N8O4. The second-order valence-electron chi connectivity index (χ2n) is 15.1. The predicted molar refractivity (Wildman–Crippen MR) is 227 cm³/mol. The Balaban J connectivity index is 0.935. The molecule has 302 valence electrons. The average Bonchev–Trinajstić information content (AvgIpc) is 4.08. The summed E-state index contributed by atoms with van der Waals surface area (Å²) in [5.41, 5.74) is 12.3. The number of amides is 3. The number of H-pyrrole nitrogens is 2.